The Kier molecular flexibility index (Phi) is 4.93. The normalized spacial score (nSPS) is 15.8. The summed E-state index contributed by atoms with van der Waals surface area (Å²) in [5.74, 6) is 1.17. The highest BCUT2D eigenvalue weighted by atomic mass is 35.5. The predicted molar refractivity (Wildman–Crippen MR) is 109 cm³/mol. The van der Waals surface area contributed by atoms with E-state index >= 15 is 0 Å². The zero-order chi connectivity index (χ0) is 19.0. The molecule has 3 aromatic rings. The van der Waals surface area contributed by atoms with E-state index in [0.29, 0.717) is 15.9 Å². The van der Waals surface area contributed by atoms with Crippen LogP contribution in [0.2, 0.25) is 5.02 Å². The molecule has 0 radical (unpaired) electrons. The van der Waals surface area contributed by atoms with Gasteiger partial charge in [-0.05, 0) is 49.2 Å². The molecule has 1 aromatic heterocycles. The number of carbonyl (C=O) groups excluding carboxylic acids is 1. The first kappa shape index (κ1) is 18.1. The van der Waals surface area contributed by atoms with Crippen molar-refractivity contribution in [3.05, 3.63) is 59.1 Å². The molecule has 0 N–H and O–H groups in total. The maximum atomic E-state index is 12.9. The molecule has 138 valence electrons. The van der Waals surface area contributed by atoms with Gasteiger partial charge in [0.05, 0.1) is 5.75 Å². The maximum absolute atomic E-state index is 12.9. The number of para-hydroxylation sites is 1. The Morgan fingerprint density at radius 1 is 1.19 bits per heavy atom. The highest BCUT2D eigenvalue weighted by Gasteiger charge is 2.30. The number of amides is 1. The maximum Gasteiger partial charge on any atom is 0.237 e. The standard InChI is InChI=1S/C20H19ClN4OS/c1-13-11-15-5-3-4-6-17(15)25(13)18(26)12-27-20-23-22-19(24(20)2)14-7-9-16(21)10-8-14/h3-10,13H,11-12H2,1-2H3. The fourth-order valence-corrected chi connectivity index (χ4v) is 4.33. The first-order chi connectivity index (χ1) is 13.0. The Balaban J connectivity index is 1.48. The van der Waals surface area contributed by atoms with Crippen molar-refractivity contribution in [2.24, 2.45) is 7.05 Å². The van der Waals surface area contributed by atoms with Gasteiger partial charge in [0.2, 0.25) is 5.91 Å². The minimum absolute atomic E-state index is 0.0912. The predicted octanol–water partition coefficient (Wildman–Crippen LogP) is 4.21. The summed E-state index contributed by atoms with van der Waals surface area (Å²) >= 11 is 7.36. The molecular weight excluding hydrogens is 380 g/mol. The van der Waals surface area contributed by atoms with E-state index in [2.05, 4.69) is 23.2 Å². The molecule has 0 aliphatic carbocycles. The summed E-state index contributed by atoms with van der Waals surface area (Å²) in [6.45, 7) is 2.09. The molecule has 2 aromatic carbocycles. The van der Waals surface area contributed by atoms with Crippen molar-refractivity contribution in [3.63, 3.8) is 0 Å². The van der Waals surface area contributed by atoms with E-state index in [4.69, 9.17) is 11.6 Å². The second-order valence-corrected chi connectivity index (χ2v) is 7.99. The van der Waals surface area contributed by atoms with Crippen LogP contribution in [0.3, 0.4) is 0 Å². The summed E-state index contributed by atoms with van der Waals surface area (Å²) in [6, 6.07) is 15.8. The van der Waals surface area contributed by atoms with E-state index in [1.165, 1.54) is 17.3 Å². The van der Waals surface area contributed by atoms with Gasteiger partial charge in [-0.1, -0.05) is 41.6 Å². The second kappa shape index (κ2) is 7.37. The van der Waals surface area contributed by atoms with Gasteiger partial charge in [-0.15, -0.1) is 10.2 Å². The van der Waals surface area contributed by atoms with Crippen LogP contribution in [0.4, 0.5) is 5.69 Å². The van der Waals surface area contributed by atoms with E-state index in [-0.39, 0.29) is 11.9 Å². The van der Waals surface area contributed by atoms with Gasteiger partial charge < -0.3 is 9.47 Å². The lowest BCUT2D eigenvalue weighted by atomic mass is 10.1. The molecule has 0 fully saturated rings. The molecule has 0 spiro atoms. The molecule has 1 aliphatic rings. The Labute approximate surface area is 167 Å². The number of rotatable bonds is 4. The molecule has 5 nitrogen and oxygen atoms in total. The zero-order valence-corrected chi connectivity index (χ0v) is 16.7. The number of benzene rings is 2. The Morgan fingerprint density at radius 3 is 2.70 bits per heavy atom. The van der Waals surface area contributed by atoms with Gasteiger partial charge in [-0.3, -0.25) is 4.79 Å². The molecular formula is C20H19ClN4OS. The number of hydrogen-bond acceptors (Lipinski definition) is 4. The first-order valence-electron chi connectivity index (χ1n) is 8.72. The highest BCUT2D eigenvalue weighted by Crippen LogP contribution is 2.33. The first-order valence-corrected chi connectivity index (χ1v) is 10.1. The third-order valence-corrected chi connectivity index (χ3v) is 5.99. The van der Waals surface area contributed by atoms with Crippen LogP contribution < -0.4 is 4.90 Å². The molecule has 2 heterocycles. The van der Waals surface area contributed by atoms with Crippen molar-refractivity contribution in [2.45, 2.75) is 24.5 Å². The van der Waals surface area contributed by atoms with Gasteiger partial charge in [0.25, 0.3) is 0 Å². The van der Waals surface area contributed by atoms with Gasteiger partial charge in [0.1, 0.15) is 0 Å². The van der Waals surface area contributed by atoms with Gasteiger partial charge in [-0.25, -0.2) is 0 Å². The minimum Gasteiger partial charge on any atom is -0.308 e. The average molecular weight is 399 g/mol. The number of aromatic nitrogens is 3. The van der Waals surface area contributed by atoms with Crippen LogP contribution in [0.25, 0.3) is 11.4 Å². The topological polar surface area (TPSA) is 51.0 Å². The number of halogens is 1. The van der Waals surface area contributed by atoms with Crippen LogP contribution in [0, 0.1) is 0 Å². The van der Waals surface area contributed by atoms with Crippen LogP contribution in [0.1, 0.15) is 12.5 Å². The Hall–Kier alpha value is -2.31. The van der Waals surface area contributed by atoms with Gasteiger partial charge in [-0.2, -0.15) is 0 Å². The van der Waals surface area contributed by atoms with E-state index in [1.54, 1.807) is 0 Å². The third-order valence-electron chi connectivity index (χ3n) is 4.74. The SMILES string of the molecule is CC1Cc2ccccc2N1C(=O)CSc1nnc(-c2ccc(Cl)cc2)n1C. The van der Waals surface area contributed by atoms with Crippen LogP contribution in [-0.4, -0.2) is 32.5 Å². The van der Waals surface area contributed by atoms with Crippen molar-refractivity contribution in [2.75, 3.05) is 10.7 Å². The number of hydrogen-bond donors (Lipinski definition) is 0. The molecule has 0 saturated carbocycles. The van der Waals surface area contributed by atoms with E-state index in [9.17, 15) is 4.79 Å². The lowest BCUT2D eigenvalue weighted by Gasteiger charge is -2.22. The molecule has 7 heteroatoms. The lowest BCUT2D eigenvalue weighted by molar-refractivity contribution is -0.116. The fraction of sp³-hybridized carbons (Fsp3) is 0.250. The van der Waals surface area contributed by atoms with E-state index < -0.39 is 0 Å². The monoisotopic (exact) mass is 398 g/mol. The number of carbonyl (C=O) groups is 1. The Morgan fingerprint density at radius 2 is 1.93 bits per heavy atom. The summed E-state index contributed by atoms with van der Waals surface area (Å²) in [7, 11) is 1.91. The molecule has 4 rings (SSSR count). The lowest BCUT2D eigenvalue weighted by Crippen LogP contribution is -2.37. The number of nitrogens with zero attached hydrogens (tertiary/aromatic N) is 4. The van der Waals surface area contributed by atoms with E-state index in [1.807, 2.05) is 59.0 Å². The zero-order valence-electron chi connectivity index (χ0n) is 15.1. The van der Waals surface area contributed by atoms with Gasteiger partial charge in [0.15, 0.2) is 11.0 Å². The molecule has 1 atom stereocenters. The average Bonchev–Trinajstić information content (AvgIpc) is 3.19. The molecule has 1 amide bonds. The molecule has 0 saturated heterocycles. The highest BCUT2D eigenvalue weighted by molar-refractivity contribution is 7.99. The van der Waals surface area contributed by atoms with Crippen molar-refractivity contribution in [1.29, 1.82) is 0 Å². The minimum atomic E-state index is 0.0912. The largest absolute Gasteiger partial charge is 0.308 e. The molecule has 1 aliphatic heterocycles. The number of fused-ring (bicyclic) bond motifs is 1. The van der Waals surface area contributed by atoms with Crippen molar-refractivity contribution >= 4 is 35.0 Å². The molecule has 1 unspecified atom stereocenters. The molecule has 27 heavy (non-hydrogen) atoms. The van der Waals surface area contributed by atoms with Crippen molar-refractivity contribution in [3.8, 4) is 11.4 Å². The van der Waals surface area contributed by atoms with Crippen molar-refractivity contribution < 1.29 is 4.79 Å². The number of thioether (sulfide) groups is 1. The van der Waals surface area contributed by atoms with Crippen LogP contribution in [0.5, 0.6) is 0 Å². The van der Waals surface area contributed by atoms with E-state index in [0.717, 1.165) is 23.5 Å². The summed E-state index contributed by atoms with van der Waals surface area (Å²) < 4.78 is 1.91. The van der Waals surface area contributed by atoms with Gasteiger partial charge in [0, 0.05) is 29.4 Å². The summed E-state index contributed by atoms with van der Waals surface area (Å²) in [4.78, 5) is 14.8. The Bertz CT molecular complexity index is 986. The summed E-state index contributed by atoms with van der Waals surface area (Å²) in [6.07, 6.45) is 0.900. The third kappa shape index (κ3) is 3.47. The molecule has 0 bridgehead atoms. The van der Waals surface area contributed by atoms with Gasteiger partial charge >= 0.3 is 0 Å². The second-order valence-electron chi connectivity index (χ2n) is 6.61. The summed E-state index contributed by atoms with van der Waals surface area (Å²) in [5.41, 5.74) is 3.19. The summed E-state index contributed by atoms with van der Waals surface area (Å²) in [5, 5.41) is 9.91. The smallest absolute Gasteiger partial charge is 0.237 e. The van der Waals surface area contributed by atoms with Crippen molar-refractivity contribution in [1.82, 2.24) is 14.8 Å². The quantitative estimate of drug-likeness (QED) is 0.618. The van der Waals surface area contributed by atoms with Crippen LogP contribution >= 0.6 is 23.4 Å². The number of anilines is 1. The van der Waals surface area contributed by atoms with Crippen LogP contribution in [0.15, 0.2) is 53.7 Å². The fourth-order valence-electron chi connectivity index (χ4n) is 3.43. The van der Waals surface area contributed by atoms with Crippen LogP contribution in [-0.2, 0) is 18.3 Å².